The molecule has 80 valence electrons. The molecule has 0 bridgehead atoms. The Bertz CT molecular complexity index is 224. The first-order chi connectivity index (χ1) is 6.56. The number of nitrogens with two attached hydrogens (primary N) is 1. The summed E-state index contributed by atoms with van der Waals surface area (Å²) >= 11 is 0. The van der Waals surface area contributed by atoms with E-state index in [2.05, 4.69) is 32.7 Å². The summed E-state index contributed by atoms with van der Waals surface area (Å²) in [5.41, 5.74) is 7.66. The molecule has 2 heteroatoms. The maximum atomic E-state index is 5.24. The van der Waals surface area contributed by atoms with Gasteiger partial charge in [-0.3, -0.25) is 0 Å². The van der Waals surface area contributed by atoms with Crippen LogP contribution in [0.25, 0.3) is 0 Å². The van der Waals surface area contributed by atoms with E-state index in [4.69, 9.17) is 5.73 Å². The molecule has 3 N–H and O–H groups in total. The average Bonchev–Trinajstić information content (AvgIpc) is 2.10. The number of allylic oxidation sites excluding steroid dienone is 4. The van der Waals surface area contributed by atoms with Crippen LogP contribution < -0.4 is 11.1 Å². The fourth-order valence-electron chi connectivity index (χ4n) is 1.13. The Morgan fingerprint density at radius 1 is 1.43 bits per heavy atom. The summed E-state index contributed by atoms with van der Waals surface area (Å²) in [5, 5.41) is 3.29. The second kappa shape index (κ2) is 7.25. The second-order valence-electron chi connectivity index (χ2n) is 3.80. The lowest BCUT2D eigenvalue weighted by molar-refractivity contribution is 0.642. The van der Waals surface area contributed by atoms with Crippen molar-refractivity contribution in [2.24, 2.45) is 5.73 Å². The van der Waals surface area contributed by atoms with E-state index in [1.165, 1.54) is 5.57 Å². The minimum absolute atomic E-state index is 0.468. The third kappa shape index (κ3) is 7.47. The van der Waals surface area contributed by atoms with Crippen molar-refractivity contribution in [3.63, 3.8) is 0 Å². The van der Waals surface area contributed by atoms with Crippen LogP contribution >= 0.6 is 0 Å². The summed E-state index contributed by atoms with van der Waals surface area (Å²) in [7, 11) is 0. The third-order valence-corrected chi connectivity index (χ3v) is 1.81. The van der Waals surface area contributed by atoms with Crippen molar-refractivity contribution >= 4 is 0 Å². The quantitative estimate of drug-likeness (QED) is 0.638. The molecule has 0 aliphatic heterocycles. The van der Waals surface area contributed by atoms with Crippen LogP contribution in [0.15, 0.2) is 36.2 Å². The predicted molar refractivity (Wildman–Crippen MR) is 63.7 cm³/mol. The van der Waals surface area contributed by atoms with Crippen LogP contribution in [0.3, 0.4) is 0 Å². The van der Waals surface area contributed by atoms with E-state index in [1.54, 1.807) is 6.20 Å². The van der Waals surface area contributed by atoms with E-state index in [-0.39, 0.29) is 0 Å². The molecule has 0 aromatic heterocycles. The second-order valence-corrected chi connectivity index (χ2v) is 3.80. The summed E-state index contributed by atoms with van der Waals surface area (Å²) in [6.45, 7) is 10.3. The minimum Gasteiger partial charge on any atom is -0.405 e. The Kier molecular flexibility index (Phi) is 6.63. The van der Waals surface area contributed by atoms with E-state index in [1.807, 2.05) is 12.2 Å². The monoisotopic (exact) mass is 194 g/mol. The van der Waals surface area contributed by atoms with Gasteiger partial charge < -0.3 is 11.1 Å². The van der Waals surface area contributed by atoms with Gasteiger partial charge in [-0.15, -0.1) is 0 Å². The molecule has 0 amide bonds. The Labute approximate surface area is 87.6 Å². The Morgan fingerprint density at radius 2 is 2.07 bits per heavy atom. The standard InChI is InChI=1S/C12H22N2/c1-10(2)14-12(4)8-7-11(3)6-5-9-13/h5-6,9-10,14H,4,7-8,13H2,1-3H3/b9-5-,11-6+. The van der Waals surface area contributed by atoms with Gasteiger partial charge in [-0.05, 0) is 45.9 Å². The van der Waals surface area contributed by atoms with Crippen molar-refractivity contribution in [3.05, 3.63) is 36.2 Å². The van der Waals surface area contributed by atoms with Crippen molar-refractivity contribution in [2.45, 2.75) is 39.7 Å². The van der Waals surface area contributed by atoms with Gasteiger partial charge in [-0.1, -0.05) is 18.2 Å². The van der Waals surface area contributed by atoms with Crippen molar-refractivity contribution in [1.82, 2.24) is 5.32 Å². The smallest absolute Gasteiger partial charge is 0.0201 e. The molecule has 0 aliphatic carbocycles. The molecule has 0 saturated carbocycles. The van der Waals surface area contributed by atoms with E-state index >= 15 is 0 Å². The van der Waals surface area contributed by atoms with Crippen LogP contribution in [-0.4, -0.2) is 6.04 Å². The zero-order valence-corrected chi connectivity index (χ0v) is 9.51. The summed E-state index contributed by atoms with van der Waals surface area (Å²) < 4.78 is 0. The van der Waals surface area contributed by atoms with Gasteiger partial charge in [-0.2, -0.15) is 0 Å². The summed E-state index contributed by atoms with van der Waals surface area (Å²) in [5.74, 6) is 0. The summed E-state index contributed by atoms with van der Waals surface area (Å²) in [4.78, 5) is 0. The fraction of sp³-hybridized carbons (Fsp3) is 0.500. The molecule has 0 saturated heterocycles. The van der Waals surface area contributed by atoms with Crippen LogP contribution in [0.4, 0.5) is 0 Å². The molecule has 0 radical (unpaired) electrons. The highest BCUT2D eigenvalue weighted by Crippen LogP contribution is 2.08. The molecule has 2 nitrogen and oxygen atoms in total. The van der Waals surface area contributed by atoms with Crippen LogP contribution in [0.2, 0.25) is 0 Å². The van der Waals surface area contributed by atoms with E-state index in [0.29, 0.717) is 6.04 Å². The van der Waals surface area contributed by atoms with Crippen molar-refractivity contribution in [1.29, 1.82) is 0 Å². The molecule has 0 spiro atoms. The maximum absolute atomic E-state index is 5.24. The molecule has 0 unspecified atom stereocenters. The highest BCUT2D eigenvalue weighted by atomic mass is 14.9. The Balaban J connectivity index is 3.77. The van der Waals surface area contributed by atoms with Crippen molar-refractivity contribution in [3.8, 4) is 0 Å². The lowest BCUT2D eigenvalue weighted by atomic mass is 10.1. The molecular weight excluding hydrogens is 172 g/mol. The first-order valence-corrected chi connectivity index (χ1v) is 5.04. The van der Waals surface area contributed by atoms with Gasteiger partial charge in [0.05, 0.1) is 0 Å². The van der Waals surface area contributed by atoms with Gasteiger partial charge in [0.1, 0.15) is 0 Å². The molecule has 0 aromatic rings. The zero-order valence-electron chi connectivity index (χ0n) is 9.51. The van der Waals surface area contributed by atoms with E-state index < -0.39 is 0 Å². The van der Waals surface area contributed by atoms with Gasteiger partial charge in [0.25, 0.3) is 0 Å². The molecular formula is C12H22N2. The third-order valence-electron chi connectivity index (χ3n) is 1.81. The van der Waals surface area contributed by atoms with Gasteiger partial charge in [0.2, 0.25) is 0 Å². The Morgan fingerprint density at radius 3 is 2.57 bits per heavy atom. The van der Waals surface area contributed by atoms with Crippen molar-refractivity contribution < 1.29 is 0 Å². The van der Waals surface area contributed by atoms with Crippen LogP contribution in [0.1, 0.15) is 33.6 Å². The predicted octanol–water partition coefficient (Wildman–Crippen LogP) is 2.70. The van der Waals surface area contributed by atoms with Gasteiger partial charge in [-0.25, -0.2) is 0 Å². The Hall–Kier alpha value is -1.18. The topological polar surface area (TPSA) is 38.0 Å². The van der Waals surface area contributed by atoms with E-state index in [9.17, 15) is 0 Å². The fourth-order valence-corrected chi connectivity index (χ4v) is 1.13. The molecule has 0 aliphatic rings. The van der Waals surface area contributed by atoms with Crippen LogP contribution in [0, 0.1) is 0 Å². The largest absolute Gasteiger partial charge is 0.405 e. The first-order valence-electron chi connectivity index (χ1n) is 5.04. The van der Waals surface area contributed by atoms with E-state index in [0.717, 1.165) is 18.5 Å². The van der Waals surface area contributed by atoms with Gasteiger partial charge >= 0.3 is 0 Å². The summed E-state index contributed by atoms with van der Waals surface area (Å²) in [6.07, 6.45) is 7.45. The average molecular weight is 194 g/mol. The molecule has 0 fully saturated rings. The maximum Gasteiger partial charge on any atom is 0.0201 e. The van der Waals surface area contributed by atoms with Crippen LogP contribution in [-0.2, 0) is 0 Å². The van der Waals surface area contributed by atoms with Crippen molar-refractivity contribution in [2.75, 3.05) is 0 Å². The zero-order chi connectivity index (χ0) is 11.0. The number of hydrogen-bond acceptors (Lipinski definition) is 2. The SMILES string of the molecule is C=C(CC/C(C)=C/C=C\N)NC(C)C. The number of nitrogens with one attached hydrogen (secondary N) is 1. The normalized spacial score (nSPS) is 12.4. The highest BCUT2D eigenvalue weighted by Gasteiger charge is 1.96. The number of rotatable bonds is 6. The lowest BCUT2D eigenvalue weighted by Crippen LogP contribution is -2.21. The highest BCUT2D eigenvalue weighted by molar-refractivity contribution is 5.11. The first kappa shape index (κ1) is 12.8. The molecule has 14 heavy (non-hydrogen) atoms. The molecule has 0 rings (SSSR count). The molecule has 0 heterocycles. The lowest BCUT2D eigenvalue weighted by Gasteiger charge is -2.12. The summed E-state index contributed by atoms with van der Waals surface area (Å²) in [6, 6.07) is 0.468. The molecule has 0 atom stereocenters. The molecule has 0 aromatic carbocycles. The van der Waals surface area contributed by atoms with Gasteiger partial charge in [0.15, 0.2) is 0 Å². The van der Waals surface area contributed by atoms with Gasteiger partial charge in [0, 0.05) is 11.7 Å². The minimum atomic E-state index is 0.468. The number of hydrogen-bond donors (Lipinski definition) is 2. The van der Waals surface area contributed by atoms with Crippen LogP contribution in [0.5, 0.6) is 0 Å².